The molecule has 2 aromatic rings. The molecule has 1 aromatic carbocycles. The van der Waals surface area contributed by atoms with Gasteiger partial charge in [0.25, 0.3) is 0 Å². The molecule has 6 heteroatoms. The van der Waals surface area contributed by atoms with E-state index in [9.17, 15) is 9.59 Å². The van der Waals surface area contributed by atoms with Gasteiger partial charge in [0.05, 0.1) is 11.9 Å². The van der Waals surface area contributed by atoms with Gasteiger partial charge in [-0.3, -0.25) is 9.59 Å². The minimum Gasteiger partial charge on any atom is -0.481 e. The first-order valence-corrected chi connectivity index (χ1v) is 9.50. The number of aromatic nitrogens is 1. The van der Waals surface area contributed by atoms with E-state index in [-0.39, 0.29) is 18.7 Å². The van der Waals surface area contributed by atoms with Gasteiger partial charge in [-0.05, 0) is 55.0 Å². The second kappa shape index (κ2) is 7.94. The lowest BCUT2D eigenvalue weighted by molar-refractivity contribution is -0.138. The highest BCUT2D eigenvalue weighted by Gasteiger charge is 2.23. The summed E-state index contributed by atoms with van der Waals surface area (Å²) in [5.74, 6) is 1.06. The number of nitrogens with one attached hydrogen (secondary N) is 1. The number of nitrogens with zero attached hydrogens (tertiary/aromatic N) is 2. The Hall–Kier alpha value is -2.63. The van der Waals surface area contributed by atoms with Crippen LogP contribution in [0.5, 0.6) is 0 Å². The van der Waals surface area contributed by atoms with Gasteiger partial charge in [-0.15, -0.1) is 0 Å². The van der Waals surface area contributed by atoms with Crippen molar-refractivity contribution in [2.75, 3.05) is 23.3 Å². The largest absolute Gasteiger partial charge is 0.481 e. The zero-order valence-electron chi connectivity index (χ0n) is 16.2. The number of carboxylic acids is 1. The highest BCUT2D eigenvalue weighted by Crippen LogP contribution is 2.29. The summed E-state index contributed by atoms with van der Waals surface area (Å²) in [5, 5.41) is 12.4. The summed E-state index contributed by atoms with van der Waals surface area (Å²) in [4.78, 5) is 29.7. The first kappa shape index (κ1) is 19.1. The van der Waals surface area contributed by atoms with Gasteiger partial charge in [-0.25, -0.2) is 4.98 Å². The molecule has 1 aliphatic heterocycles. The zero-order chi connectivity index (χ0) is 19.6. The van der Waals surface area contributed by atoms with Crippen molar-refractivity contribution in [3.63, 3.8) is 0 Å². The van der Waals surface area contributed by atoms with E-state index in [4.69, 9.17) is 10.1 Å². The van der Waals surface area contributed by atoms with Crippen molar-refractivity contribution < 1.29 is 14.7 Å². The molecule has 0 aliphatic carbocycles. The molecule has 1 fully saturated rings. The molecule has 1 aromatic heterocycles. The van der Waals surface area contributed by atoms with E-state index in [1.807, 2.05) is 18.2 Å². The number of carboxylic acid groups (broad SMARTS) is 1. The van der Waals surface area contributed by atoms with Crippen LogP contribution in [-0.4, -0.2) is 35.1 Å². The number of carbonyl (C=O) groups excluding carboxylic acids is 1. The molecule has 144 valence electrons. The molecular formula is C21H27N3O3. The molecular weight excluding hydrogens is 342 g/mol. The summed E-state index contributed by atoms with van der Waals surface area (Å²) in [7, 11) is 0. The Kier molecular flexibility index (Phi) is 5.63. The third-order valence-corrected chi connectivity index (χ3v) is 5.04. The molecule has 2 heterocycles. The number of amides is 1. The summed E-state index contributed by atoms with van der Waals surface area (Å²) in [6, 6.07) is 7.75. The molecule has 0 spiro atoms. The topological polar surface area (TPSA) is 82.5 Å². The van der Waals surface area contributed by atoms with Crippen molar-refractivity contribution in [1.82, 2.24) is 4.98 Å². The van der Waals surface area contributed by atoms with E-state index in [0.717, 1.165) is 35.4 Å². The van der Waals surface area contributed by atoms with Gasteiger partial charge in [-0.1, -0.05) is 13.8 Å². The normalized spacial score (nSPS) is 19.9. The van der Waals surface area contributed by atoms with E-state index in [2.05, 4.69) is 37.1 Å². The summed E-state index contributed by atoms with van der Waals surface area (Å²) >= 11 is 0. The van der Waals surface area contributed by atoms with Gasteiger partial charge in [0.15, 0.2) is 0 Å². The van der Waals surface area contributed by atoms with Crippen molar-refractivity contribution >= 4 is 34.3 Å². The van der Waals surface area contributed by atoms with Crippen molar-refractivity contribution in [3.8, 4) is 0 Å². The predicted octanol–water partition coefficient (Wildman–Crippen LogP) is 3.83. The highest BCUT2D eigenvalue weighted by molar-refractivity contribution is 5.95. The standard InChI is InChI=1S/C21H27N3O3/c1-13-8-14(2)12-24(11-13)19-9-15(3)17-10-16(4-5-18(17)23-19)22-20(25)6-7-21(26)27/h4-5,9-10,13-14H,6-8,11-12H2,1-3H3,(H,22,25)(H,26,27)/t13-,14-/m1/s1. The van der Waals surface area contributed by atoms with Crippen LogP contribution in [0.25, 0.3) is 10.9 Å². The van der Waals surface area contributed by atoms with Crippen LogP contribution < -0.4 is 10.2 Å². The van der Waals surface area contributed by atoms with E-state index < -0.39 is 5.97 Å². The summed E-state index contributed by atoms with van der Waals surface area (Å²) in [6.45, 7) is 8.69. The Morgan fingerprint density at radius 3 is 2.56 bits per heavy atom. The Morgan fingerprint density at radius 2 is 1.89 bits per heavy atom. The molecule has 1 saturated heterocycles. The second-order valence-corrected chi connectivity index (χ2v) is 7.82. The fourth-order valence-corrected chi connectivity index (χ4v) is 3.91. The first-order chi connectivity index (χ1) is 12.8. The van der Waals surface area contributed by atoms with Crippen molar-refractivity contribution in [2.45, 2.75) is 40.0 Å². The number of carbonyl (C=O) groups is 2. The van der Waals surface area contributed by atoms with Crippen molar-refractivity contribution in [2.24, 2.45) is 11.8 Å². The smallest absolute Gasteiger partial charge is 0.303 e. The van der Waals surface area contributed by atoms with Crippen LogP contribution in [-0.2, 0) is 9.59 Å². The number of rotatable bonds is 5. The average Bonchev–Trinajstić information content (AvgIpc) is 2.59. The lowest BCUT2D eigenvalue weighted by Crippen LogP contribution is -2.39. The van der Waals surface area contributed by atoms with Gasteiger partial charge in [0.1, 0.15) is 5.82 Å². The zero-order valence-corrected chi connectivity index (χ0v) is 16.2. The maximum atomic E-state index is 11.9. The summed E-state index contributed by atoms with van der Waals surface area (Å²) in [6.07, 6.45) is 1.05. The lowest BCUT2D eigenvalue weighted by atomic mass is 9.92. The number of fused-ring (bicyclic) bond motifs is 1. The van der Waals surface area contributed by atoms with Crippen LogP contribution in [0.3, 0.4) is 0 Å². The number of hydrogen-bond donors (Lipinski definition) is 2. The maximum absolute atomic E-state index is 11.9. The molecule has 0 saturated carbocycles. The number of pyridine rings is 1. The molecule has 1 amide bonds. The van der Waals surface area contributed by atoms with E-state index >= 15 is 0 Å². The van der Waals surface area contributed by atoms with Gasteiger partial charge in [0.2, 0.25) is 5.91 Å². The fourth-order valence-electron chi connectivity index (χ4n) is 3.91. The van der Waals surface area contributed by atoms with Crippen LogP contribution in [0.4, 0.5) is 11.5 Å². The molecule has 6 nitrogen and oxygen atoms in total. The predicted molar refractivity (Wildman–Crippen MR) is 107 cm³/mol. The third kappa shape index (κ3) is 4.76. The summed E-state index contributed by atoms with van der Waals surface area (Å²) < 4.78 is 0. The number of benzene rings is 1. The molecule has 0 bridgehead atoms. The Bertz CT molecular complexity index is 855. The molecule has 2 N–H and O–H groups in total. The minimum absolute atomic E-state index is 0.0329. The highest BCUT2D eigenvalue weighted by atomic mass is 16.4. The summed E-state index contributed by atoms with van der Waals surface area (Å²) in [5.41, 5.74) is 2.68. The molecule has 1 aliphatic rings. The average molecular weight is 369 g/mol. The fraction of sp³-hybridized carbons (Fsp3) is 0.476. The number of aryl methyl sites for hydroxylation is 1. The van der Waals surface area contributed by atoms with Crippen LogP contribution in [0.2, 0.25) is 0 Å². The minimum atomic E-state index is -0.974. The molecule has 0 unspecified atom stereocenters. The SMILES string of the molecule is Cc1cc(N2C[C@H](C)C[C@@H](C)C2)nc2ccc(NC(=O)CCC(=O)O)cc12. The first-order valence-electron chi connectivity index (χ1n) is 9.50. The maximum Gasteiger partial charge on any atom is 0.303 e. The van der Waals surface area contributed by atoms with Crippen LogP contribution in [0, 0.1) is 18.8 Å². The van der Waals surface area contributed by atoms with Crippen LogP contribution >= 0.6 is 0 Å². The monoisotopic (exact) mass is 369 g/mol. The van der Waals surface area contributed by atoms with Crippen molar-refractivity contribution in [1.29, 1.82) is 0 Å². The lowest BCUT2D eigenvalue weighted by Gasteiger charge is -2.36. The molecule has 27 heavy (non-hydrogen) atoms. The van der Waals surface area contributed by atoms with Gasteiger partial charge >= 0.3 is 5.97 Å². The van der Waals surface area contributed by atoms with E-state index in [0.29, 0.717) is 17.5 Å². The molecule has 2 atom stereocenters. The number of piperidine rings is 1. The number of hydrogen-bond acceptors (Lipinski definition) is 4. The van der Waals surface area contributed by atoms with Crippen LogP contribution in [0.15, 0.2) is 24.3 Å². The number of aliphatic carboxylic acids is 1. The second-order valence-electron chi connectivity index (χ2n) is 7.82. The van der Waals surface area contributed by atoms with E-state index in [1.165, 1.54) is 6.42 Å². The third-order valence-electron chi connectivity index (χ3n) is 5.04. The van der Waals surface area contributed by atoms with Gasteiger partial charge in [-0.2, -0.15) is 0 Å². The van der Waals surface area contributed by atoms with Gasteiger partial charge < -0.3 is 15.3 Å². The Labute approximate surface area is 159 Å². The van der Waals surface area contributed by atoms with E-state index in [1.54, 1.807) is 0 Å². The van der Waals surface area contributed by atoms with Crippen LogP contribution in [0.1, 0.15) is 38.7 Å². The Morgan fingerprint density at radius 1 is 1.19 bits per heavy atom. The van der Waals surface area contributed by atoms with Crippen molar-refractivity contribution in [3.05, 3.63) is 29.8 Å². The molecule has 0 radical (unpaired) electrons. The Balaban J connectivity index is 1.81. The van der Waals surface area contributed by atoms with Gasteiger partial charge in [0, 0.05) is 30.6 Å². The molecule has 3 rings (SSSR count). The number of anilines is 2. The quantitative estimate of drug-likeness (QED) is 0.837.